The van der Waals surface area contributed by atoms with Crippen LogP contribution in [0.25, 0.3) is 11.0 Å². The van der Waals surface area contributed by atoms with Crippen LogP contribution in [0.1, 0.15) is 27.3 Å². The smallest absolute Gasteiger partial charge is 0.255 e. The molecule has 2 aromatic carbocycles. The molecule has 4 rings (SSSR count). The molecule has 0 bridgehead atoms. The number of aromatic nitrogens is 2. The van der Waals surface area contributed by atoms with Gasteiger partial charge in [-0.25, -0.2) is 9.97 Å². The molecule has 1 unspecified atom stereocenters. The van der Waals surface area contributed by atoms with Crippen LogP contribution >= 0.6 is 11.8 Å². The van der Waals surface area contributed by atoms with Crippen molar-refractivity contribution in [3.8, 4) is 6.07 Å². The second kappa shape index (κ2) is 8.13. The minimum Gasteiger partial charge on any atom is -0.324 e. The largest absolute Gasteiger partial charge is 0.324 e. The third-order valence-corrected chi connectivity index (χ3v) is 6.06. The van der Waals surface area contributed by atoms with Gasteiger partial charge in [0.05, 0.1) is 39.9 Å². The van der Waals surface area contributed by atoms with E-state index in [1.165, 1.54) is 11.8 Å². The van der Waals surface area contributed by atoms with Crippen molar-refractivity contribution >= 4 is 40.3 Å². The summed E-state index contributed by atoms with van der Waals surface area (Å²) in [5, 5.41) is 11.7. The number of carbonyl (C=O) groups excluding carboxylic acids is 2. The number of hydrogen-bond acceptors (Lipinski definition) is 6. The van der Waals surface area contributed by atoms with Crippen molar-refractivity contribution in [3.63, 3.8) is 0 Å². The highest BCUT2D eigenvalue weighted by Gasteiger charge is 2.35. The van der Waals surface area contributed by atoms with Crippen LogP contribution in [0.3, 0.4) is 0 Å². The molecular formula is C22H19N5O2S. The first kappa shape index (κ1) is 19.9. The van der Waals surface area contributed by atoms with Crippen molar-refractivity contribution < 1.29 is 9.59 Å². The Bertz CT molecular complexity index is 1190. The van der Waals surface area contributed by atoms with E-state index < -0.39 is 6.04 Å². The summed E-state index contributed by atoms with van der Waals surface area (Å²) >= 11 is 1.54. The number of anilines is 1. The Kier molecular flexibility index (Phi) is 5.38. The third kappa shape index (κ3) is 3.84. The predicted molar refractivity (Wildman–Crippen MR) is 116 cm³/mol. The minimum atomic E-state index is -0.570. The summed E-state index contributed by atoms with van der Waals surface area (Å²) in [4.78, 5) is 36.6. The molecule has 1 aromatic heterocycles. The Hall–Kier alpha value is -3.44. The molecule has 150 valence electrons. The summed E-state index contributed by atoms with van der Waals surface area (Å²) in [6.07, 6.45) is 0. The van der Waals surface area contributed by atoms with Crippen LogP contribution in [0.5, 0.6) is 0 Å². The van der Waals surface area contributed by atoms with Crippen LogP contribution < -0.4 is 5.32 Å². The summed E-state index contributed by atoms with van der Waals surface area (Å²) in [6.45, 7) is 3.79. The molecule has 1 saturated heterocycles. The van der Waals surface area contributed by atoms with Crippen molar-refractivity contribution in [3.05, 3.63) is 65.0 Å². The number of nitrogens with one attached hydrogen (secondary N) is 1. The fraction of sp³-hybridized carbons (Fsp3) is 0.227. The molecule has 0 spiro atoms. The van der Waals surface area contributed by atoms with Crippen LogP contribution in [-0.4, -0.2) is 44.4 Å². The average molecular weight is 417 g/mol. The van der Waals surface area contributed by atoms with Crippen molar-refractivity contribution in [2.75, 3.05) is 16.9 Å². The molecule has 0 radical (unpaired) electrons. The van der Waals surface area contributed by atoms with E-state index in [1.54, 1.807) is 47.4 Å². The number of aryl methyl sites for hydroxylation is 2. The fourth-order valence-corrected chi connectivity index (χ4v) is 4.40. The maximum absolute atomic E-state index is 13.1. The van der Waals surface area contributed by atoms with E-state index >= 15 is 0 Å². The van der Waals surface area contributed by atoms with Crippen molar-refractivity contribution in [1.29, 1.82) is 5.26 Å². The van der Waals surface area contributed by atoms with Gasteiger partial charge in [0.1, 0.15) is 6.04 Å². The summed E-state index contributed by atoms with van der Waals surface area (Å²) in [5.74, 6) is 0.521. The summed E-state index contributed by atoms with van der Waals surface area (Å²) < 4.78 is 0. The number of rotatable bonds is 3. The lowest BCUT2D eigenvalue weighted by Crippen LogP contribution is -2.44. The second-order valence-electron chi connectivity index (χ2n) is 7.07. The highest BCUT2D eigenvalue weighted by Crippen LogP contribution is 2.25. The van der Waals surface area contributed by atoms with Gasteiger partial charge in [-0.3, -0.25) is 9.59 Å². The number of fused-ring (bicyclic) bond motifs is 1. The van der Waals surface area contributed by atoms with Gasteiger partial charge in [0.2, 0.25) is 5.91 Å². The zero-order chi connectivity index (χ0) is 21.3. The van der Waals surface area contributed by atoms with E-state index in [0.29, 0.717) is 34.0 Å². The van der Waals surface area contributed by atoms with Gasteiger partial charge in [-0.05, 0) is 56.3 Å². The lowest BCUT2D eigenvalue weighted by Gasteiger charge is -2.23. The highest BCUT2D eigenvalue weighted by molar-refractivity contribution is 7.99. The molecule has 1 atom stereocenters. The standard InChI is InChI=1S/C22H19N5O2S/c1-13-14(2)25-19-9-16(5-8-18(19)24-13)22(29)27-12-30-11-20(27)21(28)26-17-6-3-15(10-23)4-7-17/h3-9,20H,11-12H2,1-2H3,(H,26,28). The number of nitriles is 1. The Morgan fingerprint density at radius 1 is 1.10 bits per heavy atom. The lowest BCUT2D eigenvalue weighted by atomic mass is 10.1. The van der Waals surface area contributed by atoms with Gasteiger partial charge in [0.25, 0.3) is 5.91 Å². The maximum Gasteiger partial charge on any atom is 0.255 e. The van der Waals surface area contributed by atoms with E-state index in [1.807, 2.05) is 19.9 Å². The molecule has 8 heteroatoms. The van der Waals surface area contributed by atoms with Gasteiger partial charge >= 0.3 is 0 Å². The molecule has 1 aliphatic heterocycles. The number of benzene rings is 2. The van der Waals surface area contributed by atoms with Gasteiger partial charge in [0.15, 0.2) is 0 Å². The molecular weight excluding hydrogens is 398 g/mol. The van der Waals surface area contributed by atoms with E-state index in [0.717, 1.165) is 16.9 Å². The molecule has 30 heavy (non-hydrogen) atoms. The fourth-order valence-electron chi connectivity index (χ4n) is 3.24. The van der Waals surface area contributed by atoms with Crippen LogP contribution in [-0.2, 0) is 4.79 Å². The van der Waals surface area contributed by atoms with E-state index in [-0.39, 0.29) is 11.8 Å². The highest BCUT2D eigenvalue weighted by atomic mass is 32.2. The van der Waals surface area contributed by atoms with Crippen LogP contribution in [0, 0.1) is 25.2 Å². The number of carbonyl (C=O) groups is 2. The summed E-state index contributed by atoms with van der Waals surface area (Å²) in [5.41, 5.74) is 4.68. The first-order valence-corrected chi connectivity index (χ1v) is 10.6. The van der Waals surface area contributed by atoms with Gasteiger partial charge in [-0.15, -0.1) is 11.8 Å². The van der Waals surface area contributed by atoms with Crippen molar-refractivity contribution in [2.45, 2.75) is 19.9 Å². The van der Waals surface area contributed by atoms with E-state index in [2.05, 4.69) is 15.3 Å². The Morgan fingerprint density at radius 3 is 2.50 bits per heavy atom. The zero-order valence-electron chi connectivity index (χ0n) is 16.5. The molecule has 7 nitrogen and oxygen atoms in total. The third-order valence-electron chi connectivity index (χ3n) is 5.05. The van der Waals surface area contributed by atoms with Gasteiger partial charge in [-0.2, -0.15) is 5.26 Å². The Labute approximate surface area is 178 Å². The maximum atomic E-state index is 13.1. The van der Waals surface area contributed by atoms with Crippen molar-refractivity contribution in [2.24, 2.45) is 0 Å². The zero-order valence-corrected chi connectivity index (χ0v) is 17.4. The number of amides is 2. The summed E-state index contributed by atoms with van der Waals surface area (Å²) in [6, 6.07) is 13.4. The topological polar surface area (TPSA) is 99.0 Å². The lowest BCUT2D eigenvalue weighted by molar-refractivity contribution is -0.119. The Balaban J connectivity index is 1.54. The number of hydrogen-bond donors (Lipinski definition) is 1. The quantitative estimate of drug-likeness (QED) is 0.702. The van der Waals surface area contributed by atoms with Gasteiger partial charge in [0, 0.05) is 17.0 Å². The molecule has 1 fully saturated rings. The minimum absolute atomic E-state index is 0.207. The molecule has 0 aliphatic carbocycles. The second-order valence-corrected chi connectivity index (χ2v) is 8.07. The molecule has 3 aromatic rings. The van der Waals surface area contributed by atoms with Gasteiger partial charge in [-0.1, -0.05) is 0 Å². The normalized spacial score (nSPS) is 15.8. The number of nitrogens with zero attached hydrogens (tertiary/aromatic N) is 4. The predicted octanol–water partition coefficient (Wildman–Crippen LogP) is 3.27. The molecule has 2 amide bonds. The molecule has 1 aliphatic rings. The van der Waals surface area contributed by atoms with E-state index in [9.17, 15) is 9.59 Å². The van der Waals surface area contributed by atoms with Crippen LogP contribution in [0.15, 0.2) is 42.5 Å². The Morgan fingerprint density at radius 2 is 1.80 bits per heavy atom. The van der Waals surface area contributed by atoms with Crippen LogP contribution in [0.2, 0.25) is 0 Å². The SMILES string of the molecule is Cc1nc2ccc(C(=O)N3CSCC3C(=O)Nc3ccc(C#N)cc3)cc2nc1C. The first-order valence-electron chi connectivity index (χ1n) is 9.41. The molecule has 2 heterocycles. The monoisotopic (exact) mass is 417 g/mol. The van der Waals surface area contributed by atoms with E-state index in [4.69, 9.17) is 5.26 Å². The molecule has 1 N–H and O–H groups in total. The number of thioether (sulfide) groups is 1. The van der Waals surface area contributed by atoms with Gasteiger partial charge < -0.3 is 10.2 Å². The molecule has 0 saturated carbocycles. The van der Waals surface area contributed by atoms with Crippen molar-refractivity contribution in [1.82, 2.24) is 14.9 Å². The first-order chi connectivity index (χ1) is 14.5. The summed E-state index contributed by atoms with van der Waals surface area (Å²) in [7, 11) is 0. The average Bonchev–Trinajstić information content (AvgIpc) is 3.24. The van der Waals surface area contributed by atoms with Crippen LogP contribution in [0.4, 0.5) is 5.69 Å².